The Hall–Kier alpha value is -2.63. The van der Waals surface area contributed by atoms with Crippen molar-refractivity contribution in [1.29, 1.82) is 0 Å². The number of nitrogens with zero attached hydrogens (tertiary/aromatic N) is 3. The van der Waals surface area contributed by atoms with E-state index in [0.717, 1.165) is 17.7 Å². The Balaban J connectivity index is 1.73. The fourth-order valence-electron chi connectivity index (χ4n) is 5.67. The number of anilines is 1. The highest BCUT2D eigenvalue weighted by atomic mass is 35.5. The normalized spacial score (nSPS) is 21.0. The summed E-state index contributed by atoms with van der Waals surface area (Å²) in [5.74, 6) is 0. The maximum absolute atomic E-state index is 13.6. The van der Waals surface area contributed by atoms with E-state index in [0.29, 0.717) is 36.9 Å². The summed E-state index contributed by atoms with van der Waals surface area (Å²) in [7, 11) is 0. The van der Waals surface area contributed by atoms with Crippen molar-refractivity contribution in [3.63, 3.8) is 0 Å². The minimum atomic E-state index is -4.56. The molecule has 1 unspecified atom stereocenters. The van der Waals surface area contributed by atoms with Gasteiger partial charge in [0, 0.05) is 29.7 Å². The molecule has 1 saturated heterocycles. The number of piperidine rings is 1. The third-order valence-corrected chi connectivity index (χ3v) is 7.68. The predicted molar refractivity (Wildman–Crippen MR) is 155 cm³/mol. The second kappa shape index (κ2) is 13.3. The Kier molecular flexibility index (Phi) is 10.3. The molecule has 3 aromatic rings. The number of halogens is 4. The standard InChI is InChI=1S/C31H39ClF3N3O4/c1-5-25-15-26(16-27(13-20-9-7-6-8-10-20)38(25)29(40)42-30(2,3)4)37(28-36-24(18-39)19-41-28)17-21-11-22(31(33,34)35)14-23(32)12-21/h6-12,14,19,25-27,29,39-40H,5,13,15-18H2,1-4H3/t25-,26+,27+,29?/m1/s1. The monoisotopic (exact) mass is 609 g/mol. The van der Waals surface area contributed by atoms with Gasteiger partial charge < -0.3 is 24.3 Å². The van der Waals surface area contributed by atoms with Crippen LogP contribution in [-0.2, 0) is 30.5 Å². The minimum Gasteiger partial charge on any atom is -0.432 e. The Bertz CT molecular complexity index is 1300. The van der Waals surface area contributed by atoms with Gasteiger partial charge in [0.1, 0.15) is 12.0 Å². The number of benzene rings is 2. The van der Waals surface area contributed by atoms with Crippen LogP contribution in [0, 0.1) is 0 Å². The van der Waals surface area contributed by atoms with E-state index in [4.69, 9.17) is 20.8 Å². The van der Waals surface area contributed by atoms with Crippen LogP contribution in [0.15, 0.2) is 59.2 Å². The lowest BCUT2D eigenvalue weighted by molar-refractivity contribution is -0.264. The fraction of sp³-hybridized carbons (Fsp3) is 0.516. The fourth-order valence-corrected chi connectivity index (χ4v) is 5.92. The van der Waals surface area contributed by atoms with Crippen LogP contribution in [0.3, 0.4) is 0 Å². The summed E-state index contributed by atoms with van der Waals surface area (Å²) >= 11 is 6.12. The lowest BCUT2D eigenvalue weighted by Gasteiger charge is -2.50. The molecule has 1 fully saturated rings. The van der Waals surface area contributed by atoms with Crippen LogP contribution in [0.1, 0.15) is 69.3 Å². The van der Waals surface area contributed by atoms with Gasteiger partial charge >= 0.3 is 6.18 Å². The van der Waals surface area contributed by atoms with Gasteiger partial charge in [-0.05, 0) is 75.8 Å². The van der Waals surface area contributed by atoms with Gasteiger partial charge in [0.15, 0.2) is 0 Å². The molecule has 4 rings (SSSR count). The van der Waals surface area contributed by atoms with Crippen LogP contribution >= 0.6 is 11.6 Å². The molecule has 4 atom stereocenters. The number of ether oxygens (including phenoxy) is 1. The molecule has 1 aromatic heterocycles. The zero-order valence-corrected chi connectivity index (χ0v) is 25.1. The van der Waals surface area contributed by atoms with Gasteiger partial charge in [0.2, 0.25) is 6.41 Å². The second-order valence-electron chi connectivity index (χ2n) is 11.8. The zero-order chi connectivity index (χ0) is 30.7. The molecule has 0 saturated carbocycles. The molecule has 0 amide bonds. The van der Waals surface area contributed by atoms with Crippen molar-refractivity contribution < 1.29 is 32.5 Å². The molecule has 0 aliphatic carbocycles. The quantitative estimate of drug-likeness (QED) is 0.245. The molecular formula is C31H39ClF3N3O4. The third-order valence-electron chi connectivity index (χ3n) is 7.46. The highest BCUT2D eigenvalue weighted by Crippen LogP contribution is 2.37. The number of aromatic nitrogens is 1. The van der Waals surface area contributed by atoms with Gasteiger partial charge in [0.25, 0.3) is 6.01 Å². The largest absolute Gasteiger partial charge is 0.432 e. The SMILES string of the molecule is CC[C@@H]1C[C@H](N(Cc2cc(Cl)cc(C(F)(F)F)c2)c2nc(CO)co2)C[C@H](Cc2ccccc2)N1C(O)OC(C)(C)C. The summed E-state index contributed by atoms with van der Waals surface area (Å²) < 4.78 is 52.7. The summed E-state index contributed by atoms with van der Waals surface area (Å²) in [6, 6.07) is 13.1. The number of hydrogen-bond acceptors (Lipinski definition) is 7. The Morgan fingerprint density at radius 1 is 1.10 bits per heavy atom. The van der Waals surface area contributed by atoms with Crippen LogP contribution < -0.4 is 4.90 Å². The molecule has 42 heavy (non-hydrogen) atoms. The van der Waals surface area contributed by atoms with Crippen molar-refractivity contribution in [2.75, 3.05) is 4.90 Å². The Labute approximate surface area is 249 Å². The van der Waals surface area contributed by atoms with Crippen molar-refractivity contribution in [1.82, 2.24) is 9.88 Å². The Morgan fingerprint density at radius 2 is 1.79 bits per heavy atom. The summed E-state index contributed by atoms with van der Waals surface area (Å²) in [4.78, 5) is 8.29. The van der Waals surface area contributed by atoms with E-state index in [9.17, 15) is 23.4 Å². The van der Waals surface area contributed by atoms with E-state index in [1.165, 1.54) is 12.3 Å². The van der Waals surface area contributed by atoms with Gasteiger partial charge in [-0.15, -0.1) is 0 Å². The van der Waals surface area contributed by atoms with E-state index in [1.54, 1.807) is 0 Å². The predicted octanol–water partition coefficient (Wildman–Crippen LogP) is 6.79. The topological polar surface area (TPSA) is 82.2 Å². The van der Waals surface area contributed by atoms with Crippen molar-refractivity contribution in [2.45, 2.75) is 103 Å². The molecule has 0 bridgehead atoms. The van der Waals surface area contributed by atoms with Crippen LogP contribution in [0.5, 0.6) is 0 Å². The van der Waals surface area contributed by atoms with E-state index < -0.39 is 23.8 Å². The molecule has 2 heterocycles. The van der Waals surface area contributed by atoms with E-state index in [1.807, 2.05) is 67.8 Å². The minimum absolute atomic E-state index is 0.0196. The summed E-state index contributed by atoms with van der Waals surface area (Å²) in [5.41, 5.74) is 0.334. The van der Waals surface area contributed by atoms with Crippen molar-refractivity contribution in [3.8, 4) is 0 Å². The zero-order valence-electron chi connectivity index (χ0n) is 24.3. The van der Waals surface area contributed by atoms with Crippen molar-refractivity contribution >= 4 is 17.6 Å². The molecule has 2 N–H and O–H groups in total. The number of oxazole rings is 1. The van der Waals surface area contributed by atoms with E-state index in [-0.39, 0.29) is 42.3 Å². The number of likely N-dealkylation sites (tertiary alicyclic amines) is 1. The first-order valence-electron chi connectivity index (χ1n) is 14.1. The van der Waals surface area contributed by atoms with Gasteiger partial charge in [0.05, 0.1) is 17.8 Å². The second-order valence-corrected chi connectivity index (χ2v) is 12.2. The van der Waals surface area contributed by atoms with Crippen LogP contribution in [0.25, 0.3) is 0 Å². The third kappa shape index (κ3) is 8.26. The first-order chi connectivity index (χ1) is 19.8. The number of aliphatic hydroxyl groups excluding tert-OH is 2. The average Bonchev–Trinajstić information content (AvgIpc) is 3.39. The van der Waals surface area contributed by atoms with Gasteiger partial charge in [-0.2, -0.15) is 18.2 Å². The molecule has 230 valence electrons. The van der Waals surface area contributed by atoms with Crippen LogP contribution in [0.4, 0.5) is 19.2 Å². The summed E-state index contributed by atoms with van der Waals surface area (Å²) in [6.45, 7) is 7.42. The molecule has 2 aromatic carbocycles. The van der Waals surface area contributed by atoms with E-state index >= 15 is 0 Å². The first-order valence-corrected chi connectivity index (χ1v) is 14.5. The van der Waals surface area contributed by atoms with Gasteiger partial charge in [-0.25, -0.2) is 4.90 Å². The summed E-state index contributed by atoms with van der Waals surface area (Å²) in [6.07, 6.45) is -1.94. The van der Waals surface area contributed by atoms with E-state index in [2.05, 4.69) is 4.98 Å². The van der Waals surface area contributed by atoms with Crippen LogP contribution in [-0.4, -0.2) is 50.2 Å². The lowest BCUT2D eigenvalue weighted by atomic mass is 9.86. The molecule has 0 radical (unpaired) electrons. The van der Waals surface area contributed by atoms with Gasteiger partial charge in [-0.1, -0.05) is 48.9 Å². The Morgan fingerprint density at radius 3 is 2.38 bits per heavy atom. The smallest absolute Gasteiger partial charge is 0.416 e. The number of aliphatic hydroxyl groups is 2. The maximum Gasteiger partial charge on any atom is 0.416 e. The van der Waals surface area contributed by atoms with Crippen molar-refractivity contribution in [3.05, 3.63) is 82.2 Å². The molecule has 1 aliphatic rings. The number of hydrogen-bond donors (Lipinski definition) is 2. The maximum atomic E-state index is 13.6. The highest BCUT2D eigenvalue weighted by molar-refractivity contribution is 6.30. The highest BCUT2D eigenvalue weighted by Gasteiger charge is 2.42. The molecule has 7 nitrogen and oxygen atoms in total. The van der Waals surface area contributed by atoms with Crippen molar-refractivity contribution in [2.24, 2.45) is 0 Å². The van der Waals surface area contributed by atoms with Gasteiger partial charge in [-0.3, -0.25) is 0 Å². The number of rotatable bonds is 10. The molecule has 11 heteroatoms. The molecule has 0 spiro atoms. The van der Waals surface area contributed by atoms with Crippen LogP contribution in [0.2, 0.25) is 5.02 Å². The lowest BCUT2D eigenvalue weighted by Crippen LogP contribution is -2.60. The number of alkyl halides is 3. The molecular weight excluding hydrogens is 571 g/mol. The molecule has 1 aliphatic heterocycles. The summed E-state index contributed by atoms with van der Waals surface area (Å²) in [5, 5.41) is 20.9. The first kappa shape index (κ1) is 32.3. The average molecular weight is 610 g/mol.